The van der Waals surface area contributed by atoms with Gasteiger partial charge in [0.05, 0.1) is 19.3 Å². The summed E-state index contributed by atoms with van der Waals surface area (Å²) in [5, 5.41) is 9.93. The maximum Gasteiger partial charge on any atom is 0.0575 e. The van der Waals surface area contributed by atoms with E-state index in [9.17, 15) is 5.11 Å². The predicted octanol–water partition coefficient (Wildman–Crippen LogP) is 2.07. The average Bonchev–Trinajstić information content (AvgIpc) is 1.99. The van der Waals surface area contributed by atoms with Crippen LogP contribution in [0.25, 0.3) is 0 Å². The van der Waals surface area contributed by atoms with Gasteiger partial charge in [0.25, 0.3) is 0 Å². The van der Waals surface area contributed by atoms with Gasteiger partial charge < -0.3 is 9.84 Å². The van der Waals surface area contributed by atoms with Gasteiger partial charge in [-0.1, -0.05) is 27.7 Å². The van der Waals surface area contributed by atoms with Crippen LogP contribution in [-0.4, -0.2) is 24.4 Å². The fraction of sp³-hybridized carbons (Fsp3) is 1.00. The van der Waals surface area contributed by atoms with Crippen LogP contribution in [0.4, 0.5) is 0 Å². The SMILES string of the molecule is CC(C)C(C)C(O)CC1(C)COC1. The third kappa shape index (κ3) is 2.68. The topological polar surface area (TPSA) is 29.5 Å². The van der Waals surface area contributed by atoms with E-state index in [-0.39, 0.29) is 11.5 Å². The average molecular weight is 186 g/mol. The maximum atomic E-state index is 9.93. The summed E-state index contributed by atoms with van der Waals surface area (Å²) in [4.78, 5) is 0. The molecule has 1 N–H and O–H groups in total. The lowest BCUT2D eigenvalue weighted by Gasteiger charge is -2.41. The van der Waals surface area contributed by atoms with Gasteiger partial charge in [-0.3, -0.25) is 0 Å². The molecule has 13 heavy (non-hydrogen) atoms. The Kier molecular flexibility index (Phi) is 3.36. The first-order chi connectivity index (χ1) is 5.94. The standard InChI is InChI=1S/C11H22O2/c1-8(2)9(3)10(12)5-11(4)6-13-7-11/h8-10,12H,5-7H2,1-4H3. The summed E-state index contributed by atoms with van der Waals surface area (Å²) in [7, 11) is 0. The van der Waals surface area contributed by atoms with E-state index >= 15 is 0 Å². The molecule has 78 valence electrons. The van der Waals surface area contributed by atoms with Crippen LogP contribution in [0.1, 0.15) is 34.1 Å². The number of hydrogen-bond acceptors (Lipinski definition) is 2. The van der Waals surface area contributed by atoms with Gasteiger partial charge in [0.2, 0.25) is 0 Å². The van der Waals surface area contributed by atoms with Crippen LogP contribution >= 0.6 is 0 Å². The summed E-state index contributed by atoms with van der Waals surface area (Å²) >= 11 is 0. The molecule has 2 atom stereocenters. The van der Waals surface area contributed by atoms with Crippen LogP contribution in [0, 0.1) is 17.3 Å². The Labute approximate surface area is 81.3 Å². The van der Waals surface area contributed by atoms with E-state index < -0.39 is 0 Å². The molecule has 2 unspecified atom stereocenters. The summed E-state index contributed by atoms with van der Waals surface area (Å²) in [6.07, 6.45) is 0.709. The lowest BCUT2D eigenvalue weighted by atomic mass is 9.78. The monoisotopic (exact) mass is 186 g/mol. The molecule has 1 saturated heterocycles. The largest absolute Gasteiger partial charge is 0.393 e. The fourth-order valence-electron chi connectivity index (χ4n) is 1.70. The second-order valence-corrected chi connectivity index (χ2v) is 5.18. The number of aliphatic hydroxyl groups excluding tert-OH is 1. The third-order valence-electron chi connectivity index (χ3n) is 3.26. The summed E-state index contributed by atoms with van der Waals surface area (Å²) in [5.41, 5.74) is 0.239. The Morgan fingerprint density at radius 3 is 2.15 bits per heavy atom. The Morgan fingerprint density at radius 2 is 1.85 bits per heavy atom. The summed E-state index contributed by atoms with van der Waals surface area (Å²) in [6.45, 7) is 10.3. The predicted molar refractivity (Wildman–Crippen MR) is 53.6 cm³/mol. The van der Waals surface area contributed by atoms with Crippen molar-refractivity contribution in [1.29, 1.82) is 0 Å². The van der Waals surface area contributed by atoms with Gasteiger partial charge in [-0.25, -0.2) is 0 Å². The number of hydrogen-bond donors (Lipinski definition) is 1. The second-order valence-electron chi connectivity index (χ2n) is 5.18. The molecule has 0 saturated carbocycles. The summed E-state index contributed by atoms with van der Waals surface area (Å²) in [5.74, 6) is 0.942. The van der Waals surface area contributed by atoms with Gasteiger partial charge in [0.1, 0.15) is 0 Å². The van der Waals surface area contributed by atoms with Crippen molar-refractivity contribution in [3.63, 3.8) is 0 Å². The van der Waals surface area contributed by atoms with Crippen LogP contribution in [0.2, 0.25) is 0 Å². The van der Waals surface area contributed by atoms with Gasteiger partial charge >= 0.3 is 0 Å². The van der Waals surface area contributed by atoms with Crippen molar-refractivity contribution in [1.82, 2.24) is 0 Å². The van der Waals surface area contributed by atoms with Gasteiger partial charge in [0.15, 0.2) is 0 Å². The van der Waals surface area contributed by atoms with Crippen LogP contribution in [0.15, 0.2) is 0 Å². The van der Waals surface area contributed by atoms with Crippen molar-refractivity contribution in [2.24, 2.45) is 17.3 Å². The fourth-order valence-corrected chi connectivity index (χ4v) is 1.70. The van der Waals surface area contributed by atoms with Gasteiger partial charge in [-0.05, 0) is 18.3 Å². The molecule has 0 aromatic heterocycles. The van der Waals surface area contributed by atoms with Crippen LogP contribution in [0.5, 0.6) is 0 Å². The Hall–Kier alpha value is -0.0800. The number of ether oxygens (including phenoxy) is 1. The minimum atomic E-state index is -0.172. The Morgan fingerprint density at radius 1 is 1.31 bits per heavy atom. The third-order valence-corrected chi connectivity index (χ3v) is 3.26. The normalized spacial score (nSPS) is 25.4. The van der Waals surface area contributed by atoms with Crippen molar-refractivity contribution in [2.45, 2.75) is 40.2 Å². The summed E-state index contributed by atoms with van der Waals surface area (Å²) in [6, 6.07) is 0. The van der Waals surface area contributed by atoms with Gasteiger partial charge in [0, 0.05) is 5.41 Å². The molecule has 1 fully saturated rings. The van der Waals surface area contributed by atoms with Crippen LogP contribution in [0.3, 0.4) is 0 Å². The molecule has 1 aliphatic rings. The molecule has 1 rings (SSSR count). The van der Waals surface area contributed by atoms with Crippen molar-refractivity contribution < 1.29 is 9.84 Å². The minimum Gasteiger partial charge on any atom is -0.393 e. The lowest BCUT2D eigenvalue weighted by Crippen LogP contribution is -2.43. The first-order valence-corrected chi connectivity index (χ1v) is 5.20. The molecule has 1 heterocycles. The molecule has 0 aliphatic carbocycles. The molecule has 1 aliphatic heterocycles. The van der Waals surface area contributed by atoms with E-state index in [4.69, 9.17) is 4.74 Å². The molecule has 0 aromatic rings. The highest BCUT2D eigenvalue weighted by atomic mass is 16.5. The molecule has 0 aromatic carbocycles. The smallest absolute Gasteiger partial charge is 0.0575 e. The molecule has 0 radical (unpaired) electrons. The molecular weight excluding hydrogens is 164 g/mol. The molecule has 2 heteroatoms. The highest BCUT2D eigenvalue weighted by Crippen LogP contribution is 2.34. The van der Waals surface area contributed by atoms with Crippen LogP contribution < -0.4 is 0 Å². The first kappa shape index (κ1) is 11.0. The van der Waals surface area contributed by atoms with E-state index in [0.29, 0.717) is 11.8 Å². The zero-order valence-corrected chi connectivity index (χ0v) is 9.21. The summed E-state index contributed by atoms with van der Waals surface area (Å²) < 4.78 is 5.17. The molecule has 2 nitrogen and oxygen atoms in total. The van der Waals surface area contributed by atoms with Crippen molar-refractivity contribution >= 4 is 0 Å². The quantitative estimate of drug-likeness (QED) is 0.728. The van der Waals surface area contributed by atoms with Gasteiger partial charge in [-0.2, -0.15) is 0 Å². The number of rotatable bonds is 4. The lowest BCUT2D eigenvalue weighted by molar-refractivity contribution is -0.127. The number of aliphatic hydroxyl groups is 1. The van der Waals surface area contributed by atoms with E-state index in [2.05, 4.69) is 27.7 Å². The highest BCUT2D eigenvalue weighted by molar-refractivity contribution is 4.85. The zero-order chi connectivity index (χ0) is 10.1. The molecule has 0 spiro atoms. The molecule has 0 bridgehead atoms. The zero-order valence-electron chi connectivity index (χ0n) is 9.21. The van der Waals surface area contributed by atoms with E-state index in [1.165, 1.54) is 0 Å². The Balaban J connectivity index is 2.35. The van der Waals surface area contributed by atoms with E-state index in [1.54, 1.807) is 0 Å². The van der Waals surface area contributed by atoms with Gasteiger partial charge in [-0.15, -0.1) is 0 Å². The van der Waals surface area contributed by atoms with E-state index in [0.717, 1.165) is 19.6 Å². The highest BCUT2D eigenvalue weighted by Gasteiger charge is 2.36. The van der Waals surface area contributed by atoms with Crippen molar-refractivity contribution in [3.8, 4) is 0 Å². The van der Waals surface area contributed by atoms with Crippen LogP contribution in [-0.2, 0) is 4.74 Å². The molecule has 0 amide bonds. The minimum absolute atomic E-state index is 0.172. The maximum absolute atomic E-state index is 9.93. The molecular formula is C11H22O2. The van der Waals surface area contributed by atoms with E-state index in [1.807, 2.05) is 0 Å². The van der Waals surface area contributed by atoms with Crippen molar-refractivity contribution in [2.75, 3.05) is 13.2 Å². The Bertz CT molecular complexity index is 161. The van der Waals surface area contributed by atoms with Crippen molar-refractivity contribution in [3.05, 3.63) is 0 Å². The second kappa shape index (κ2) is 3.97. The first-order valence-electron chi connectivity index (χ1n) is 5.20.